The molecule has 148 valence electrons. The van der Waals surface area contributed by atoms with Crippen molar-refractivity contribution in [2.24, 2.45) is 17.6 Å². The molecule has 2 aliphatic carbocycles. The first-order chi connectivity index (χ1) is 12.2. The van der Waals surface area contributed by atoms with Crippen LogP contribution >= 0.6 is 36.2 Å². The predicted octanol–water partition coefficient (Wildman–Crippen LogP) is 3.76. The van der Waals surface area contributed by atoms with Crippen molar-refractivity contribution >= 4 is 53.0 Å². The Morgan fingerprint density at radius 1 is 1.19 bits per heavy atom. The number of amides is 1. The number of nitrogens with two attached hydrogens (primary N) is 1. The molecule has 0 radical (unpaired) electrons. The average Bonchev–Trinajstić information content (AvgIpc) is 3.05. The van der Waals surface area contributed by atoms with Crippen molar-refractivity contribution in [2.75, 3.05) is 5.32 Å². The number of nitrogens with one attached hydrogen (secondary N) is 2. The lowest BCUT2D eigenvalue weighted by atomic mass is 9.67. The minimum atomic E-state index is -0.0808. The minimum Gasteiger partial charge on any atom is -0.347 e. The Bertz CT molecular complexity index is 730. The summed E-state index contributed by atoms with van der Waals surface area (Å²) in [6, 6.07) is 6.17. The number of halogens is 2. The van der Waals surface area contributed by atoms with Crippen LogP contribution in [0.2, 0.25) is 0 Å². The van der Waals surface area contributed by atoms with Gasteiger partial charge in [0.1, 0.15) is 11.5 Å². The van der Waals surface area contributed by atoms with E-state index < -0.39 is 0 Å². The number of carbonyl (C=O) groups excluding carboxylic acids is 1. The second-order valence-corrected chi connectivity index (χ2v) is 7.92. The number of pyridine rings is 1. The number of hydrogen-bond donors (Lipinski definition) is 3. The number of anilines is 2. The Morgan fingerprint density at radius 3 is 2.59 bits per heavy atom. The third-order valence-corrected chi connectivity index (χ3v) is 6.07. The van der Waals surface area contributed by atoms with Gasteiger partial charge < -0.3 is 16.4 Å². The molecule has 0 saturated heterocycles. The van der Waals surface area contributed by atoms with Crippen LogP contribution in [0.5, 0.6) is 0 Å². The fourth-order valence-electron chi connectivity index (χ4n) is 4.23. The minimum absolute atomic E-state index is 0. The zero-order valence-electron chi connectivity index (χ0n) is 14.8. The van der Waals surface area contributed by atoms with Crippen LogP contribution in [0.1, 0.15) is 42.6 Å². The number of thiazole rings is 1. The number of aromatic nitrogens is 2. The highest BCUT2D eigenvalue weighted by Crippen LogP contribution is 2.39. The predicted molar refractivity (Wildman–Crippen MR) is 113 cm³/mol. The van der Waals surface area contributed by atoms with E-state index in [1.807, 2.05) is 18.2 Å². The van der Waals surface area contributed by atoms with Crippen molar-refractivity contribution in [2.45, 2.75) is 44.2 Å². The smallest absolute Gasteiger partial charge is 0.271 e. The first-order valence-electron chi connectivity index (χ1n) is 8.89. The fraction of sp³-hybridized carbons (Fsp3) is 0.500. The lowest BCUT2D eigenvalue weighted by Crippen LogP contribution is -2.53. The van der Waals surface area contributed by atoms with Gasteiger partial charge in [0, 0.05) is 23.7 Å². The van der Waals surface area contributed by atoms with Crippen molar-refractivity contribution in [1.82, 2.24) is 15.3 Å². The van der Waals surface area contributed by atoms with Gasteiger partial charge in [0.05, 0.1) is 0 Å². The van der Waals surface area contributed by atoms with Crippen molar-refractivity contribution in [1.29, 1.82) is 0 Å². The Hall–Kier alpha value is -1.41. The Labute approximate surface area is 175 Å². The van der Waals surface area contributed by atoms with Gasteiger partial charge in [0.15, 0.2) is 5.13 Å². The first-order valence-corrected chi connectivity index (χ1v) is 9.77. The molecule has 2 unspecified atom stereocenters. The highest BCUT2D eigenvalue weighted by molar-refractivity contribution is 7.14. The molecule has 2 atom stereocenters. The maximum atomic E-state index is 12.6. The van der Waals surface area contributed by atoms with Crippen molar-refractivity contribution in [3.8, 4) is 0 Å². The molecule has 2 heterocycles. The molecule has 4 rings (SSSR count). The zero-order valence-corrected chi connectivity index (χ0v) is 17.3. The number of fused-ring (bicyclic) bond motifs is 2. The second-order valence-electron chi connectivity index (χ2n) is 7.06. The molecule has 0 spiro atoms. The lowest BCUT2D eigenvalue weighted by Gasteiger charge is -2.45. The molecule has 27 heavy (non-hydrogen) atoms. The van der Waals surface area contributed by atoms with E-state index in [1.54, 1.807) is 11.6 Å². The molecule has 2 aliphatic rings. The number of rotatable bonds is 4. The molecule has 4 N–H and O–H groups in total. The SMILES string of the molecule is Cl.Cl.NC1CC2CCCC(C1)C2NC(=O)c1csc(Nc2ccccn2)n1. The van der Waals surface area contributed by atoms with Crippen LogP contribution in [0.15, 0.2) is 29.8 Å². The maximum Gasteiger partial charge on any atom is 0.271 e. The summed E-state index contributed by atoms with van der Waals surface area (Å²) < 4.78 is 0. The summed E-state index contributed by atoms with van der Waals surface area (Å²) in [6.45, 7) is 0. The summed E-state index contributed by atoms with van der Waals surface area (Å²) in [4.78, 5) is 21.3. The lowest BCUT2D eigenvalue weighted by molar-refractivity contribution is 0.0752. The Kier molecular flexibility index (Phi) is 7.85. The number of carbonyl (C=O) groups is 1. The van der Waals surface area contributed by atoms with E-state index in [2.05, 4.69) is 20.6 Å². The van der Waals surface area contributed by atoms with E-state index in [0.29, 0.717) is 22.7 Å². The molecule has 0 aliphatic heterocycles. The molecule has 2 bridgehead atoms. The fourth-order valence-corrected chi connectivity index (χ4v) is 4.93. The van der Waals surface area contributed by atoms with Crippen LogP contribution in [0, 0.1) is 11.8 Å². The van der Waals surface area contributed by atoms with Crippen molar-refractivity contribution in [3.63, 3.8) is 0 Å². The number of nitrogens with zero attached hydrogens (tertiary/aromatic N) is 2. The highest BCUT2D eigenvalue weighted by Gasteiger charge is 2.40. The summed E-state index contributed by atoms with van der Waals surface area (Å²) >= 11 is 1.41. The molecule has 0 aromatic carbocycles. The molecule has 1 amide bonds. The zero-order chi connectivity index (χ0) is 17.2. The van der Waals surface area contributed by atoms with E-state index >= 15 is 0 Å². The third-order valence-electron chi connectivity index (χ3n) is 5.31. The van der Waals surface area contributed by atoms with Gasteiger partial charge in [-0.1, -0.05) is 12.5 Å². The summed E-state index contributed by atoms with van der Waals surface area (Å²) in [5.41, 5.74) is 6.64. The largest absolute Gasteiger partial charge is 0.347 e. The van der Waals surface area contributed by atoms with E-state index in [-0.39, 0.29) is 42.8 Å². The second kappa shape index (κ2) is 9.68. The van der Waals surface area contributed by atoms with Gasteiger partial charge >= 0.3 is 0 Å². The van der Waals surface area contributed by atoms with Crippen LogP contribution < -0.4 is 16.4 Å². The molecule has 2 saturated carbocycles. The topological polar surface area (TPSA) is 92.9 Å². The van der Waals surface area contributed by atoms with Crippen molar-refractivity contribution < 1.29 is 4.79 Å². The Morgan fingerprint density at radius 2 is 1.93 bits per heavy atom. The van der Waals surface area contributed by atoms with Gasteiger partial charge in [-0.3, -0.25) is 4.79 Å². The summed E-state index contributed by atoms with van der Waals surface area (Å²) in [6.07, 6.45) is 7.34. The van der Waals surface area contributed by atoms with Crippen LogP contribution in [0.3, 0.4) is 0 Å². The summed E-state index contributed by atoms with van der Waals surface area (Å²) in [5, 5.41) is 8.84. The van der Waals surface area contributed by atoms with Gasteiger partial charge in [0.25, 0.3) is 5.91 Å². The van der Waals surface area contributed by atoms with Crippen LogP contribution in [0.25, 0.3) is 0 Å². The molecule has 2 aromatic heterocycles. The van der Waals surface area contributed by atoms with Gasteiger partial charge in [-0.05, 0) is 49.7 Å². The molecular formula is C18H25Cl2N5OS. The van der Waals surface area contributed by atoms with Gasteiger partial charge in [-0.2, -0.15) is 0 Å². The van der Waals surface area contributed by atoms with Crippen LogP contribution in [0.4, 0.5) is 10.9 Å². The van der Waals surface area contributed by atoms with Gasteiger partial charge in [-0.15, -0.1) is 36.2 Å². The van der Waals surface area contributed by atoms with E-state index in [4.69, 9.17) is 5.73 Å². The highest BCUT2D eigenvalue weighted by atomic mass is 35.5. The van der Waals surface area contributed by atoms with E-state index in [1.165, 1.54) is 30.6 Å². The van der Waals surface area contributed by atoms with E-state index in [9.17, 15) is 4.79 Å². The van der Waals surface area contributed by atoms with Crippen LogP contribution in [-0.4, -0.2) is 28.0 Å². The normalized spacial score (nSPS) is 26.3. The summed E-state index contributed by atoms with van der Waals surface area (Å²) in [7, 11) is 0. The number of hydrogen-bond acceptors (Lipinski definition) is 6. The monoisotopic (exact) mass is 429 g/mol. The first kappa shape index (κ1) is 21.9. The standard InChI is InChI=1S/C18H23N5OS.2ClH/c19-13-8-11-4-3-5-12(9-13)16(11)23-17(24)14-10-25-18(21-14)22-15-6-1-2-7-20-15;;/h1-2,6-7,10-13,16H,3-5,8-9,19H2,(H,23,24)(H,20,21,22);2*1H. The third kappa shape index (κ3) is 5.10. The molecule has 2 aromatic rings. The molecule has 9 heteroatoms. The van der Waals surface area contributed by atoms with Gasteiger partial charge in [-0.25, -0.2) is 9.97 Å². The Balaban J connectivity index is 0.00000131. The average molecular weight is 430 g/mol. The van der Waals surface area contributed by atoms with Crippen molar-refractivity contribution in [3.05, 3.63) is 35.5 Å². The molecular weight excluding hydrogens is 405 g/mol. The molecule has 2 fully saturated rings. The summed E-state index contributed by atoms with van der Waals surface area (Å²) in [5.74, 6) is 1.66. The maximum absolute atomic E-state index is 12.6. The van der Waals surface area contributed by atoms with E-state index in [0.717, 1.165) is 18.7 Å². The quantitative estimate of drug-likeness (QED) is 0.687. The van der Waals surface area contributed by atoms with Gasteiger partial charge in [0.2, 0.25) is 0 Å². The molecule has 6 nitrogen and oxygen atoms in total. The van der Waals surface area contributed by atoms with Crippen LogP contribution in [-0.2, 0) is 0 Å².